The fourth-order valence-corrected chi connectivity index (χ4v) is 3.44. The lowest BCUT2D eigenvalue weighted by molar-refractivity contribution is 0.0907. The average Bonchev–Trinajstić information content (AvgIpc) is 3.29. The molecule has 1 N–H and O–H groups in total. The van der Waals surface area contributed by atoms with Crippen molar-refractivity contribution in [3.05, 3.63) is 54.0 Å². The van der Waals surface area contributed by atoms with E-state index < -0.39 is 5.91 Å². The number of hydrogen-bond acceptors (Lipinski definition) is 7. The summed E-state index contributed by atoms with van der Waals surface area (Å²) >= 11 is 0. The van der Waals surface area contributed by atoms with E-state index in [1.807, 2.05) is 36.4 Å². The number of pyridine rings is 1. The summed E-state index contributed by atoms with van der Waals surface area (Å²) in [6, 6.07) is 11.2. The Morgan fingerprint density at radius 1 is 1.27 bits per heavy atom. The van der Waals surface area contributed by atoms with E-state index in [9.17, 15) is 4.79 Å². The molecule has 1 aromatic carbocycles. The second-order valence-corrected chi connectivity index (χ2v) is 7.53. The molecule has 1 aliphatic heterocycles. The van der Waals surface area contributed by atoms with E-state index in [0.717, 1.165) is 54.5 Å². The predicted molar refractivity (Wildman–Crippen MR) is 112 cm³/mol. The highest BCUT2D eigenvalue weighted by atomic mass is 16.5. The minimum absolute atomic E-state index is 0.0712. The van der Waals surface area contributed by atoms with Crippen LogP contribution in [0.1, 0.15) is 36.0 Å². The Bertz CT molecular complexity index is 1010. The SMILES string of the molecule is COc1cccc(CNC(=O)c2nc(-c3ccnc(N4CCC(C)CC4)c3)no2)c1. The van der Waals surface area contributed by atoms with Crippen LogP contribution in [0.25, 0.3) is 11.4 Å². The molecule has 0 radical (unpaired) electrons. The van der Waals surface area contributed by atoms with Crippen molar-refractivity contribution in [2.45, 2.75) is 26.3 Å². The van der Waals surface area contributed by atoms with Gasteiger partial charge in [-0.15, -0.1) is 0 Å². The van der Waals surface area contributed by atoms with Gasteiger partial charge in [0.1, 0.15) is 11.6 Å². The van der Waals surface area contributed by atoms with Gasteiger partial charge in [-0.25, -0.2) is 4.98 Å². The second-order valence-electron chi connectivity index (χ2n) is 7.53. The number of nitrogens with one attached hydrogen (secondary N) is 1. The molecule has 1 saturated heterocycles. The third kappa shape index (κ3) is 4.59. The lowest BCUT2D eigenvalue weighted by Gasteiger charge is -2.31. The molecular formula is C22H25N5O3. The first-order chi connectivity index (χ1) is 14.6. The van der Waals surface area contributed by atoms with Crippen molar-refractivity contribution in [1.29, 1.82) is 0 Å². The number of carbonyl (C=O) groups excluding carboxylic acids is 1. The number of methoxy groups -OCH3 is 1. The number of rotatable bonds is 6. The Morgan fingerprint density at radius 2 is 2.10 bits per heavy atom. The molecule has 0 aliphatic carbocycles. The average molecular weight is 407 g/mol. The molecule has 0 unspecified atom stereocenters. The fraction of sp³-hybridized carbons (Fsp3) is 0.364. The van der Waals surface area contributed by atoms with E-state index in [0.29, 0.717) is 12.4 Å². The van der Waals surface area contributed by atoms with Crippen LogP contribution in [0.4, 0.5) is 5.82 Å². The lowest BCUT2D eigenvalue weighted by Crippen LogP contribution is -2.33. The van der Waals surface area contributed by atoms with Gasteiger partial charge in [0, 0.05) is 31.4 Å². The summed E-state index contributed by atoms with van der Waals surface area (Å²) in [7, 11) is 1.61. The monoisotopic (exact) mass is 407 g/mol. The molecule has 8 heteroatoms. The molecule has 156 valence electrons. The quantitative estimate of drug-likeness (QED) is 0.670. The van der Waals surface area contributed by atoms with Crippen molar-refractivity contribution in [1.82, 2.24) is 20.4 Å². The van der Waals surface area contributed by atoms with Crippen LogP contribution in [0.2, 0.25) is 0 Å². The summed E-state index contributed by atoms with van der Waals surface area (Å²) in [6.07, 6.45) is 4.05. The molecule has 1 aliphatic rings. The number of nitrogens with zero attached hydrogens (tertiary/aromatic N) is 4. The molecular weight excluding hydrogens is 382 g/mol. The van der Waals surface area contributed by atoms with Crippen molar-refractivity contribution in [3.8, 4) is 17.1 Å². The summed E-state index contributed by atoms with van der Waals surface area (Å²) in [5, 5.41) is 6.76. The van der Waals surface area contributed by atoms with E-state index in [2.05, 4.69) is 32.3 Å². The number of anilines is 1. The number of aromatic nitrogens is 3. The van der Waals surface area contributed by atoms with Crippen molar-refractivity contribution >= 4 is 11.7 Å². The van der Waals surface area contributed by atoms with Crippen molar-refractivity contribution in [3.63, 3.8) is 0 Å². The Balaban J connectivity index is 1.42. The molecule has 1 amide bonds. The van der Waals surface area contributed by atoms with Gasteiger partial charge in [-0.05, 0) is 48.6 Å². The van der Waals surface area contributed by atoms with E-state index in [-0.39, 0.29) is 5.89 Å². The molecule has 30 heavy (non-hydrogen) atoms. The Hall–Kier alpha value is -3.42. The number of ether oxygens (including phenoxy) is 1. The Kier molecular flexibility index (Phi) is 5.92. The highest BCUT2D eigenvalue weighted by Crippen LogP contribution is 2.25. The normalized spacial score (nSPS) is 14.5. The van der Waals surface area contributed by atoms with Crippen molar-refractivity contribution in [2.75, 3.05) is 25.1 Å². The van der Waals surface area contributed by atoms with Gasteiger partial charge in [0.2, 0.25) is 5.82 Å². The van der Waals surface area contributed by atoms with Crippen LogP contribution < -0.4 is 15.0 Å². The minimum atomic E-state index is -0.420. The van der Waals surface area contributed by atoms with Crippen LogP contribution in [0.15, 0.2) is 47.1 Å². The van der Waals surface area contributed by atoms with Gasteiger partial charge < -0.3 is 19.5 Å². The lowest BCUT2D eigenvalue weighted by atomic mass is 9.99. The van der Waals surface area contributed by atoms with Gasteiger partial charge in [-0.2, -0.15) is 4.98 Å². The molecule has 4 rings (SSSR count). The summed E-state index contributed by atoms with van der Waals surface area (Å²) in [5.41, 5.74) is 1.69. The topological polar surface area (TPSA) is 93.4 Å². The Morgan fingerprint density at radius 3 is 2.90 bits per heavy atom. The maximum Gasteiger partial charge on any atom is 0.316 e. The van der Waals surface area contributed by atoms with E-state index >= 15 is 0 Å². The molecule has 0 bridgehead atoms. The molecule has 3 aromatic rings. The zero-order chi connectivity index (χ0) is 20.9. The summed E-state index contributed by atoms with van der Waals surface area (Å²) < 4.78 is 10.4. The van der Waals surface area contributed by atoms with Crippen molar-refractivity contribution < 1.29 is 14.1 Å². The molecule has 2 aromatic heterocycles. The molecule has 8 nitrogen and oxygen atoms in total. The summed E-state index contributed by atoms with van der Waals surface area (Å²) in [6.45, 7) is 4.59. The van der Waals surface area contributed by atoms with E-state index in [1.54, 1.807) is 13.3 Å². The van der Waals surface area contributed by atoms with Gasteiger partial charge in [-0.3, -0.25) is 4.79 Å². The van der Waals surface area contributed by atoms with Crippen LogP contribution in [-0.4, -0.2) is 41.2 Å². The zero-order valence-electron chi connectivity index (χ0n) is 17.2. The number of amides is 1. The maximum absolute atomic E-state index is 12.4. The van der Waals surface area contributed by atoms with Crippen molar-refractivity contribution in [2.24, 2.45) is 5.92 Å². The molecule has 0 saturated carbocycles. The first-order valence-electron chi connectivity index (χ1n) is 10.1. The van der Waals surface area contributed by atoms with E-state index in [4.69, 9.17) is 9.26 Å². The highest BCUT2D eigenvalue weighted by Gasteiger charge is 2.19. The maximum atomic E-state index is 12.4. The van der Waals surface area contributed by atoms with Gasteiger partial charge >= 0.3 is 11.8 Å². The first kappa shape index (κ1) is 19.9. The molecule has 3 heterocycles. The molecule has 0 spiro atoms. The standard InChI is InChI=1S/C22H25N5O3/c1-15-7-10-27(11-8-15)19-13-17(6-9-23-19)20-25-22(30-26-20)21(28)24-14-16-4-3-5-18(12-16)29-2/h3-6,9,12-13,15H,7-8,10-11,14H2,1-2H3,(H,24,28). The summed E-state index contributed by atoms with van der Waals surface area (Å²) in [4.78, 5) is 23.4. The minimum Gasteiger partial charge on any atom is -0.497 e. The zero-order valence-corrected chi connectivity index (χ0v) is 17.2. The highest BCUT2D eigenvalue weighted by molar-refractivity contribution is 5.89. The van der Waals surface area contributed by atoms with Gasteiger partial charge in [0.25, 0.3) is 0 Å². The first-order valence-corrected chi connectivity index (χ1v) is 10.1. The van der Waals surface area contributed by atoms with Gasteiger partial charge in [0.15, 0.2) is 0 Å². The summed E-state index contributed by atoms with van der Waals surface area (Å²) in [5.74, 6) is 2.26. The van der Waals surface area contributed by atoms with Crippen LogP contribution in [0, 0.1) is 5.92 Å². The van der Waals surface area contributed by atoms with E-state index in [1.165, 1.54) is 0 Å². The second kappa shape index (κ2) is 8.94. The Labute approximate surface area is 175 Å². The van der Waals surface area contributed by atoms with Gasteiger partial charge in [-0.1, -0.05) is 24.2 Å². The number of piperidine rings is 1. The number of benzene rings is 1. The smallest absolute Gasteiger partial charge is 0.316 e. The number of carbonyl (C=O) groups is 1. The molecule has 1 fully saturated rings. The van der Waals surface area contributed by atoms with Crippen LogP contribution in [-0.2, 0) is 6.54 Å². The van der Waals surface area contributed by atoms with Crippen LogP contribution >= 0.6 is 0 Å². The third-order valence-corrected chi connectivity index (χ3v) is 5.32. The van der Waals surface area contributed by atoms with Crippen LogP contribution in [0.3, 0.4) is 0 Å². The predicted octanol–water partition coefficient (Wildman–Crippen LogP) is 3.31. The fourth-order valence-electron chi connectivity index (χ4n) is 3.44. The largest absolute Gasteiger partial charge is 0.497 e. The number of hydrogen-bond donors (Lipinski definition) is 1. The van der Waals surface area contributed by atoms with Gasteiger partial charge in [0.05, 0.1) is 7.11 Å². The third-order valence-electron chi connectivity index (χ3n) is 5.32. The molecule has 0 atom stereocenters. The van der Waals surface area contributed by atoms with Crippen LogP contribution in [0.5, 0.6) is 5.75 Å².